The third kappa shape index (κ3) is 3.61. The van der Waals surface area contributed by atoms with Gasteiger partial charge in [0, 0.05) is 6.54 Å². The Morgan fingerprint density at radius 2 is 2.00 bits per heavy atom. The van der Waals surface area contributed by atoms with Crippen LogP contribution in [0, 0.1) is 23.0 Å². The quantitative estimate of drug-likeness (QED) is 0.844. The molecule has 2 aromatic rings. The van der Waals surface area contributed by atoms with Gasteiger partial charge in [-0.25, -0.2) is 8.78 Å². The van der Waals surface area contributed by atoms with Crippen LogP contribution >= 0.6 is 0 Å². The average Bonchev–Trinajstić information content (AvgIpc) is 2.61. The third-order valence-electron chi connectivity index (χ3n) is 3.95. The highest BCUT2D eigenvalue weighted by Crippen LogP contribution is 2.37. The van der Waals surface area contributed by atoms with E-state index >= 15 is 0 Å². The topological polar surface area (TPSA) is 51.5 Å². The van der Waals surface area contributed by atoms with Crippen molar-refractivity contribution in [2.75, 3.05) is 25.2 Å². The predicted molar refractivity (Wildman–Crippen MR) is 89.7 cm³/mol. The van der Waals surface area contributed by atoms with Gasteiger partial charge < -0.3 is 5.32 Å². The highest BCUT2D eigenvalue weighted by Gasteiger charge is 2.29. The molecule has 3 rings (SSSR count). The van der Waals surface area contributed by atoms with Crippen LogP contribution in [0.5, 0.6) is 0 Å². The van der Waals surface area contributed by atoms with E-state index in [1.54, 1.807) is 23.3 Å². The number of hydrogen-bond donors (Lipinski definition) is 1. The summed E-state index contributed by atoms with van der Waals surface area (Å²) in [6.45, 7) is 1.80. The number of para-hydroxylation sites is 1. The first kappa shape index (κ1) is 17.3. The smallest absolute Gasteiger partial charge is 0.152 e. The minimum atomic E-state index is -0.715. The van der Waals surface area contributed by atoms with Crippen LogP contribution in [0.3, 0.4) is 0 Å². The Kier molecular flexibility index (Phi) is 5.24. The lowest BCUT2D eigenvalue weighted by Gasteiger charge is -2.36. The fraction of sp³-hybridized carbons (Fsp3) is 0.278. The van der Waals surface area contributed by atoms with E-state index in [1.807, 2.05) is 7.05 Å². The first-order valence-electron chi connectivity index (χ1n) is 7.99. The van der Waals surface area contributed by atoms with Crippen molar-refractivity contribution in [2.45, 2.75) is 13.0 Å². The van der Waals surface area contributed by atoms with Crippen LogP contribution in [-0.2, 0) is 11.5 Å². The van der Waals surface area contributed by atoms with Crippen LogP contribution in [0.1, 0.15) is 17.5 Å². The minimum Gasteiger partial charge on any atom is -0.320 e. The number of rotatable bonds is 5. The molecule has 1 N–H and O–H groups in total. The van der Waals surface area contributed by atoms with Gasteiger partial charge in [-0.2, -0.15) is 20.3 Å². The Bertz CT molecular complexity index is 786. The first-order valence-corrected chi connectivity index (χ1v) is 7.99. The van der Waals surface area contributed by atoms with Gasteiger partial charge in [0.1, 0.15) is 5.69 Å². The summed E-state index contributed by atoms with van der Waals surface area (Å²) in [6.07, 6.45) is 0.803. The molecule has 7 heteroatoms. The van der Waals surface area contributed by atoms with Crippen LogP contribution < -0.4 is 10.4 Å². The normalized spacial score (nSPS) is 14.2. The van der Waals surface area contributed by atoms with Crippen molar-refractivity contribution in [1.29, 1.82) is 5.26 Å². The summed E-state index contributed by atoms with van der Waals surface area (Å²) < 4.78 is 28.5. The van der Waals surface area contributed by atoms with E-state index in [-0.39, 0.29) is 5.69 Å². The Morgan fingerprint density at radius 3 is 2.68 bits per heavy atom. The summed E-state index contributed by atoms with van der Waals surface area (Å²) in [5.41, 5.74) is 1.52. The lowest BCUT2D eigenvalue weighted by atomic mass is 10.1. The molecule has 2 aromatic carbocycles. The maximum absolute atomic E-state index is 14.3. The molecule has 25 heavy (non-hydrogen) atoms. The summed E-state index contributed by atoms with van der Waals surface area (Å²) in [7, 11) is 1.85. The number of hydroxylamine groups is 2. The van der Waals surface area contributed by atoms with E-state index in [9.17, 15) is 8.78 Å². The van der Waals surface area contributed by atoms with E-state index < -0.39 is 11.6 Å². The molecule has 0 radical (unpaired) electrons. The molecule has 0 aliphatic carbocycles. The van der Waals surface area contributed by atoms with Crippen LogP contribution in [-0.4, -0.2) is 25.2 Å². The maximum atomic E-state index is 14.3. The van der Waals surface area contributed by atoms with Crippen molar-refractivity contribution < 1.29 is 13.7 Å². The van der Waals surface area contributed by atoms with E-state index in [1.165, 1.54) is 18.2 Å². The van der Waals surface area contributed by atoms with Gasteiger partial charge in [-0.15, -0.1) is 0 Å². The molecule has 1 heterocycles. The standard InChI is InChI=1S/C18H18F2N4O/c1-22-8-3-9-23-12-14-10-13(11-21)6-7-17(14)24(25-23)18-15(19)4-2-5-16(18)20/h2,4-7,10,22H,3,8-9,12H2,1H3. The highest BCUT2D eigenvalue weighted by molar-refractivity contribution is 5.66. The fourth-order valence-corrected chi connectivity index (χ4v) is 2.75. The number of nitriles is 1. The van der Waals surface area contributed by atoms with Gasteiger partial charge in [-0.3, -0.25) is 0 Å². The van der Waals surface area contributed by atoms with E-state index in [4.69, 9.17) is 10.2 Å². The number of halogens is 2. The molecule has 0 fully saturated rings. The zero-order valence-electron chi connectivity index (χ0n) is 13.8. The maximum Gasteiger partial charge on any atom is 0.152 e. The molecule has 5 nitrogen and oxygen atoms in total. The molecule has 0 bridgehead atoms. The molecular weight excluding hydrogens is 326 g/mol. The molecule has 0 aromatic heterocycles. The van der Waals surface area contributed by atoms with E-state index in [0.29, 0.717) is 24.3 Å². The molecule has 0 unspecified atom stereocenters. The minimum absolute atomic E-state index is 0.272. The van der Waals surface area contributed by atoms with Gasteiger partial charge in [0.05, 0.1) is 23.9 Å². The summed E-state index contributed by atoms with van der Waals surface area (Å²) in [5, 5.41) is 14.9. The SMILES string of the molecule is CNCCCN1Cc2cc(C#N)ccc2N(c2c(F)cccc2F)O1. The third-order valence-corrected chi connectivity index (χ3v) is 3.95. The monoisotopic (exact) mass is 344 g/mol. The largest absolute Gasteiger partial charge is 0.320 e. The zero-order valence-corrected chi connectivity index (χ0v) is 13.8. The first-order chi connectivity index (χ1) is 12.1. The highest BCUT2D eigenvalue weighted by atomic mass is 19.1. The van der Waals surface area contributed by atoms with Crippen LogP contribution in [0.2, 0.25) is 0 Å². The lowest BCUT2D eigenvalue weighted by molar-refractivity contribution is -0.177. The molecule has 0 saturated heterocycles. The van der Waals surface area contributed by atoms with Gasteiger partial charge in [0.25, 0.3) is 0 Å². The number of anilines is 2. The summed E-state index contributed by atoms with van der Waals surface area (Å²) in [4.78, 5) is 5.76. The number of hydrogen-bond acceptors (Lipinski definition) is 5. The fourth-order valence-electron chi connectivity index (χ4n) is 2.75. The summed E-state index contributed by atoms with van der Waals surface area (Å²) in [6, 6.07) is 10.7. The Balaban J connectivity index is 2.00. The van der Waals surface area contributed by atoms with Crippen molar-refractivity contribution in [3.05, 3.63) is 59.2 Å². The molecule has 1 aliphatic rings. The van der Waals surface area contributed by atoms with Crippen molar-refractivity contribution in [3.8, 4) is 6.07 Å². The summed E-state index contributed by atoms with van der Waals surface area (Å²) >= 11 is 0. The van der Waals surface area contributed by atoms with E-state index in [2.05, 4.69) is 11.4 Å². The Labute approximate surface area is 144 Å². The van der Waals surface area contributed by atoms with Gasteiger partial charge >= 0.3 is 0 Å². The van der Waals surface area contributed by atoms with Gasteiger partial charge in [0.2, 0.25) is 0 Å². The van der Waals surface area contributed by atoms with E-state index in [0.717, 1.165) is 23.6 Å². The number of benzene rings is 2. The predicted octanol–water partition coefficient (Wildman–Crippen LogP) is 3.25. The van der Waals surface area contributed by atoms with Crippen molar-refractivity contribution in [1.82, 2.24) is 10.4 Å². The molecule has 1 aliphatic heterocycles. The van der Waals surface area contributed by atoms with Crippen LogP contribution in [0.15, 0.2) is 36.4 Å². The van der Waals surface area contributed by atoms with Crippen LogP contribution in [0.25, 0.3) is 0 Å². The Morgan fingerprint density at radius 1 is 1.24 bits per heavy atom. The van der Waals surface area contributed by atoms with Gasteiger partial charge in [0.15, 0.2) is 11.6 Å². The van der Waals surface area contributed by atoms with Crippen molar-refractivity contribution >= 4 is 11.4 Å². The Hall–Kier alpha value is -2.53. The molecule has 130 valence electrons. The lowest BCUT2D eigenvalue weighted by Crippen LogP contribution is -2.39. The number of fused-ring (bicyclic) bond motifs is 1. The second kappa shape index (κ2) is 7.57. The van der Waals surface area contributed by atoms with Crippen molar-refractivity contribution in [2.24, 2.45) is 0 Å². The number of nitrogens with zero attached hydrogens (tertiary/aromatic N) is 3. The molecule has 0 amide bonds. The van der Waals surface area contributed by atoms with Crippen LogP contribution in [0.4, 0.5) is 20.2 Å². The molecular formula is C18H18F2N4O. The van der Waals surface area contributed by atoms with Gasteiger partial charge in [-0.1, -0.05) is 6.07 Å². The average molecular weight is 344 g/mol. The molecule has 0 spiro atoms. The molecule has 0 atom stereocenters. The second-order valence-electron chi connectivity index (χ2n) is 5.72. The number of nitrogens with one attached hydrogen (secondary N) is 1. The zero-order chi connectivity index (χ0) is 17.8. The van der Waals surface area contributed by atoms with Crippen molar-refractivity contribution in [3.63, 3.8) is 0 Å². The summed E-state index contributed by atoms with van der Waals surface area (Å²) in [5.74, 6) is -1.43. The second-order valence-corrected chi connectivity index (χ2v) is 5.72. The molecule has 0 saturated carbocycles. The van der Waals surface area contributed by atoms with Gasteiger partial charge in [-0.05, 0) is 55.9 Å².